The van der Waals surface area contributed by atoms with Gasteiger partial charge in [0.25, 0.3) is 6.01 Å². The van der Waals surface area contributed by atoms with Gasteiger partial charge in [0.15, 0.2) is 0 Å². The van der Waals surface area contributed by atoms with E-state index in [0.29, 0.717) is 12.5 Å². The Morgan fingerprint density at radius 1 is 1.53 bits per heavy atom. The van der Waals surface area contributed by atoms with E-state index in [4.69, 9.17) is 10.2 Å². The van der Waals surface area contributed by atoms with Crippen LogP contribution in [-0.4, -0.2) is 24.6 Å². The minimum atomic E-state index is 0.462. The summed E-state index contributed by atoms with van der Waals surface area (Å²) in [5.74, 6) is 1.42. The summed E-state index contributed by atoms with van der Waals surface area (Å²) in [5, 5.41) is 0. The Balaban J connectivity index is 1.97. The summed E-state index contributed by atoms with van der Waals surface area (Å²) in [6, 6.07) is 0.784. The van der Waals surface area contributed by atoms with E-state index in [-0.39, 0.29) is 0 Å². The summed E-state index contributed by atoms with van der Waals surface area (Å²) in [5.41, 5.74) is 5.58. The van der Waals surface area contributed by atoms with Crippen LogP contribution >= 0.6 is 0 Å². The van der Waals surface area contributed by atoms with Crippen LogP contribution in [0.5, 0.6) is 0 Å². The first-order valence-corrected chi connectivity index (χ1v) is 5.69. The Bertz CT molecular complexity index is 305. The third kappa shape index (κ3) is 2.50. The first-order valence-electron chi connectivity index (χ1n) is 5.69. The molecule has 4 heteroatoms. The van der Waals surface area contributed by atoms with Crippen LogP contribution in [0.3, 0.4) is 0 Å². The molecule has 1 unspecified atom stereocenters. The van der Waals surface area contributed by atoms with Gasteiger partial charge in [0.1, 0.15) is 5.76 Å². The first kappa shape index (κ1) is 10.5. The third-order valence-electron chi connectivity index (χ3n) is 2.87. The van der Waals surface area contributed by atoms with Gasteiger partial charge in [-0.2, -0.15) is 0 Å². The lowest BCUT2D eigenvalue weighted by atomic mass is 10.1. The molecule has 4 nitrogen and oxygen atoms in total. The van der Waals surface area contributed by atoms with Crippen molar-refractivity contribution in [1.82, 2.24) is 4.98 Å². The minimum absolute atomic E-state index is 0.462. The molecule has 0 bridgehead atoms. The lowest BCUT2D eigenvalue weighted by molar-refractivity contribution is 0.457. The van der Waals surface area contributed by atoms with Crippen molar-refractivity contribution < 1.29 is 4.42 Å². The number of hydrogen-bond donors (Lipinski definition) is 1. The van der Waals surface area contributed by atoms with Crippen LogP contribution in [0, 0.1) is 5.92 Å². The normalized spacial score (nSPS) is 18.4. The number of rotatable bonds is 4. The summed E-state index contributed by atoms with van der Waals surface area (Å²) < 4.78 is 5.70. The Labute approximate surface area is 90.5 Å². The first-order chi connectivity index (χ1) is 7.29. The van der Waals surface area contributed by atoms with E-state index in [2.05, 4.69) is 16.8 Å². The van der Waals surface area contributed by atoms with Crippen molar-refractivity contribution in [3.05, 3.63) is 12.0 Å². The van der Waals surface area contributed by atoms with Crippen molar-refractivity contribution in [3.63, 3.8) is 0 Å². The molecule has 0 saturated carbocycles. The third-order valence-corrected chi connectivity index (χ3v) is 2.87. The van der Waals surface area contributed by atoms with E-state index in [1.165, 1.54) is 12.8 Å². The highest BCUT2D eigenvalue weighted by molar-refractivity contribution is 5.27. The number of oxazole rings is 1. The smallest absolute Gasteiger partial charge is 0.297 e. The van der Waals surface area contributed by atoms with E-state index >= 15 is 0 Å². The molecule has 0 radical (unpaired) electrons. The van der Waals surface area contributed by atoms with Gasteiger partial charge in [-0.05, 0) is 25.3 Å². The molecule has 1 atom stereocenters. The monoisotopic (exact) mass is 209 g/mol. The molecular weight excluding hydrogens is 190 g/mol. The molecule has 84 valence electrons. The molecule has 1 aromatic rings. The molecule has 1 saturated heterocycles. The largest absolute Gasteiger partial charge is 0.429 e. The van der Waals surface area contributed by atoms with Gasteiger partial charge in [0.2, 0.25) is 0 Å². The van der Waals surface area contributed by atoms with E-state index in [1.54, 1.807) is 0 Å². The van der Waals surface area contributed by atoms with E-state index in [0.717, 1.165) is 31.3 Å². The van der Waals surface area contributed by atoms with Crippen LogP contribution in [0.2, 0.25) is 0 Å². The highest BCUT2D eigenvalue weighted by Gasteiger charge is 2.17. The van der Waals surface area contributed by atoms with E-state index < -0.39 is 0 Å². The fourth-order valence-corrected chi connectivity index (χ4v) is 1.87. The molecule has 0 spiro atoms. The zero-order chi connectivity index (χ0) is 10.7. The maximum atomic E-state index is 5.70. The zero-order valence-electron chi connectivity index (χ0n) is 9.28. The number of nitrogens with two attached hydrogens (primary N) is 1. The standard InChI is InChI=1S/C11H19N3O/c1-9(7-12)6-10-8-13-11(15-10)14-4-2-3-5-14/h8-9H,2-7,12H2,1H3. The highest BCUT2D eigenvalue weighted by Crippen LogP contribution is 2.20. The number of hydrogen-bond acceptors (Lipinski definition) is 4. The molecular formula is C11H19N3O. The zero-order valence-corrected chi connectivity index (χ0v) is 9.28. The Hall–Kier alpha value is -1.03. The molecule has 0 amide bonds. The maximum Gasteiger partial charge on any atom is 0.297 e. The molecule has 1 aliphatic rings. The average molecular weight is 209 g/mol. The van der Waals surface area contributed by atoms with Gasteiger partial charge in [0, 0.05) is 19.5 Å². The van der Waals surface area contributed by atoms with Crippen LogP contribution in [0.4, 0.5) is 6.01 Å². The molecule has 2 rings (SSSR count). The number of nitrogens with zero attached hydrogens (tertiary/aromatic N) is 2. The summed E-state index contributed by atoms with van der Waals surface area (Å²) >= 11 is 0. The van der Waals surface area contributed by atoms with Crippen LogP contribution in [-0.2, 0) is 6.42 Å². The number of aromatic nitrogens is 1. The van der Waals surface area contributed by atoms with Crippen molar-refractivity contribution in [2.24, 2.45) is 11.7 Å². The highest BCUT2D eigenvalue weighted by atomic mass is 16.4. The minimum Gasteiger partial charge on any atom is -0.429 e. The molecule has 1 fully saturated rings. The summed E-state index contributed by atoms with van der Waals surface area (Å²) in [6.45, 7) is 4.97. The predicted molar refractivity (Wildman–Crippen MR) is 59.9 cm³/mol. The summed E-state index contributed by atoms with van der Waals surface area (Å²) in [4.78, 5) is 6.51. The summed E-state index contributed by atoms with van der Waals surface area (Å²) in [6.07, 6.45) is 5.21. The molecule has 0 aromatic carbocycles. The van der Waals surface area contributed by atoms with Crippen molar-refractivity contribution >= 4 is 6.01 Å². The molecule has 2 heterocycles. The van der Waals surface area contributed by atoms with Crippen molar-refractivity contribution in [2.45, 2.75) is 26.2 Å². The topological polar surface area (TPSA) is 55.3 Å². The quantitative estimate of drug-likeness (QED) is 0.814. The Kier molecular flexibility index (Phi) is 3.26. The van der Waals surface area contributed by atoms with Gasteiger partial charge < -0.3 is 15.1 Å². The van der Waals surface area contributed by atoms with Crippen LogP contribution in [0.1, 0.15) is 25.5 Å². The van der Waals surface area contributed by atoms with Crippen LogP contribution < -0.4 is 10.6 Å². The van der Waals surface area contributed by atoms with E-state index in [1.807, 2.05) is 6.20 Å². The lowest BCUT2D eigenvalue weighted by Crippen LogP contribution is -2.17. The van der Waals surface area contributed by atoms with Crippen LogP contribution in [0.15, 0.2) is 10.6 Å². The van der Waals surface area contributed by atoms with Crippen molar-refractivity contribution in [2.75, 3.05) is 24.5 Å². The van der Waals surface area contributed by atoms with Crippen molar-refractivity contribution in [1.29, 1.82) is 0 Å². The van der Waals surface area contributed by atoms with Gasteiger partial charge in [0.05, 0.1) is 6.20 Å². The SMILES string of the molecule is CC(CN)Cc1cnc(N2CCCC2)o1. The van der Waals surface area contributed by atoms with Gasteiger partial charge >= 0.3 is 0 Å². The molecule has 0 aliphatic carbocycles. The fourth-order valence-electron chi connectivity index (χ4n) is 1.87. The lowest BCUT2D eigenvalue weighted by Gasteiger charge is -2.11. The molecule has 15 heavy (non-hydrogen) atoms. The van der Waals surface area contributed by atoms with Crippen LogP contribution in [0.25, 0.3) is 0 Å². The second kappa shape index (κ2) is 4.66. The predicted octanol–water partition coefficient (Wildman–Crippen LogP) is 1.41. The fraction of sp³-hybridized carbons (Fsp3) is 0.727. The maximum absolute atomic E-state index is 5.70. The second-order valence-corrected chi connectivity index (χ2v) is 4.35. The Morgan fingerprint density at radius 2 is 2.27 bits per heavy atom. The Morgan fingerprint density at radius 3 is 2.93 bits per heavy atom. The van der Waals surface area contributed by atoms with Gasteiger partial charge in [-0.25, -0.2) is 4.98 Å². The van der Waals surface area contributed by atoms with Gasteiger partial charge in [-0.3, -0.25) is 0 Å². The molecule has 1 aromatic heterocycles. The number of anilines is 1. The average Bonchev–Trinajstić information content (AvgIpc) is 2.85. The van der Waals surface area contributed by atoms with Gasteiger partial charge in [-0.1, -0.05) is 6.92 Å². The summed E-state index contributed by atoms with van der Waals surface area (Å²) in [7, 11) is 0. The van der Waals surface area contributed by atoms with E-state index in [9.17, 15) is 0 Å². The van der Waals surface area contributed by atoms with Gasteiger partial charge in [-0.15, -0.1) is 0 Å². The molecule has 2 N–H and O–H groups in total. The second-order valence-electron chi connectivity index (χ2n) is 4.35. The molecule has 1 aliphatic heterocycles. The van der Waals surface area contributed by atoms with Crippen molar-refractivity contribution in [3.8, 4) is 0 Å².